The third-order valence-corrected chi connectivity index (χ3v) is 5.25. The SMILES string of the molecule is COc1ccc(CN2CCc3c(nc(-c4ccccn4)[nH]c3=O)C2)c(Cl)c1O. The van der Waals surface area contributed by atoms with Gasteiger partial charge in [0, 0.05) is 31.4 Å². The molecule has 0 bridgehead atoms. The topological polar surface area (TPSA) is 91.3 Å². The van der Waals surface area contributed by atoms with Crippen molar-refractivity contribution in [1.29, 1.82) is 0 Å². The Morgan fingerprint density at radius 2 is 2.18 bits per heavy atom. The number of phenolic OH excluding ortho intramolecular Hbond substituents is 1. The van der Waals surface area contributed by atoms with E-state index >= 15 is 0 Å². The monoisotopic (exact) mass is 398 g/mol. The van der Waals surface area contributed by atoms with Crippen LogP contribution in [0, 0.1) is 0 Å². The molecule has 0 saturated carbocycles. The Kier molecular flexibility index (Phi) is 5.02. The molecular formula is C20H19ClN4O3. The molecule has 3 heterocycles. The number of pyridine rings is 1. The molecule has 0 radical (unpaired) electrons. The van der Waals surface area contributed by atoms with E-state index in [1.54, 1.807) is 12.3 Å². The molecule has 4 rings (SSSR count). The van der Waals surface area contributed by atoms with Crippen molar-refractivity contribution in [3.8, 4) is 23.0 Å². The molecular weight excluding hydrogens is 380 g/mol. The number of H-pyrrole nitrogens is 1. The fraction of sp³-hybridized carbons (Fsp3) is 0.250. The second-order valence-corrected chi connectivity index (χ2v) is 6.98. The summed E-state index contributed by atoms with van der Waals surface area (Å²) < 4.78 is 5.08. The van der Waals surface area contributed by atoms with Crippen LogP contribution >= 0.6 is 11.6 Å². The number of hydrogen-bond donors (Lipinski definition) is 2. The van der Waals surface area contributed by atoms with Crippen LogP contribution in [0.5, 0.6) is 11.5 Å². The molecule has 8 heteroatoms. The van der Waals surface area contributed by atoms with Gasteiger partial charge in [-0.25, -0.2) is 4.98 Å². The van der Waals surface area contributed by atoms with Gasteiger partial charge in [0.1, 0.15) is 5.69 Å². The predicted octanol–water partition coefficient (Wildman–Crippen LogP) is 2.76. The van der Waals surface area contributed by atoms with Gasteiger partial charge in [0.15, 0.2) is 17.3 Å². The molecule has 28 heavy (non-hydrogen) atoms. The Balaban J connectivity index is 1.60. The Morgan fingerprint density at radius 3 is 2.93 bits per heavy atom. The molecule has 1 aliphatic rings. The number of phenols is 1. The minimum absolute atomic E-state index is 0.0638. The van der Waals surface area contributed by atoms with Gasteiger partial charge in [-0.3, -0.25) is 14.7 Å². The number of nitrogens with one attached hydrogen (secondary N) is 1. The number of fused-ring (bicyclic) bond motifs is 1. The number of rotatable bonds is 4. The second-order valence-electron chi connectivity index (χ2n) is 6.60. The number of aromatic nitrogens is 3. The minimum atomic E-state index is -0.120. The zero-order valence-corrected chi connectivity index (χ0v) is 16.0. The van der Waals surface area contributed by atoms with Crippen LogP contribution in [0.25, 0.3) is 11.5 Å². The lowest BCUT2D eigenvalue weighted by Crippen LogP contribution is -2.35. The van der Waals surface area contributed by atoms with E-state index in [1.165, 1.54) is 7.11 Å². The summed E-state index contributed by atoms with van der Waals surface area (Å²) in [5.74, 6) is 0.739. The quantitative estimate of drug-likeness (QED) is 0.702. The first kappa shape index (κ1) is 18.5. The van der Waals surface area contributed by atoms with Crippen LogP contribution in [0.3, 0.4) is 0 Å². The third-order valence-electron chi connectivity index (χ3n) is 4.83. The maximum absolute atomic E-state index is 12.5. The highest BCUT2D eigenvalue weighted by Gasteiger charge is 2.23. The molecule has 2 aromatic heterocycles. The fourth-order valence-corrected chi connectivity index (χ4v) is 3.59. The van der Waals surface area contributed by atoms with Gasteiger partial charge in [-0.15, -0.1) is 0 Å². The van der Waals surface area contributed by atoms with Gasteiger partial charge in [0.25, 0.3) is 5.56 Å². The van der Waals surface area contributed by atoms with Crippen LogP contribution in [0.15, 0.2) is 41.3 Å². The van der Waals surface area contributed by atoms with E-state index in [0.29, 0.717) is 48.9 Å². The van der Waals surface area contributed by atoms with Crippen molar-refractivity contribution in [3.05, 3.63) is 68.7 Å². The number of halogens is 1. The van der Waals surface area contributed by atoms with Gasteiger partial charge >= 0.3 is 0 Å². The molecule has 1 aromatic carbocycles. The number of methoxy groups -OCH3 is 1. The molecule has 0 saturated heterocycles. The van der Waals surface area contributed by atoms with E-state index in [2.05, 4.69) is 19.9 Å². The lowest BCUT2D eigenvalue weighted by atomic mass is 10.1. The standard InChI is InChI=1S/C20H19ClN4O3/c1-28-16-6-5-12(17(21)18(16)26)10-25-9-7-13-15(11-25)23-19(24-20(13)27)14-4-2-3-8-22-14/h2-6,8,26H,7,9-11H2,1H3,(H,23,24,27). The van der Waals surface area contributed by atoms with Crippen LogP contribution in [0.1, 0.15) is 16.8 Å². The van der Waals surface area contributed by atoms with Gasteiger partial charge in [-0.2, -0.15) is 0 Å². The van der Waals surface area contributed by atoms with E-state index in [0.717, 1.165) is 11.3 Å². The number of hydrogen-bond acceptors (Lipinski definition) is 6. The molecule has 0 amide bonds. The molecule has 1 aliphatic heterocycles. The maximum atomic E-state index is 12.5. The highest BCUT2D eigenvalue weighted by Crippen LogP contribution is 2.37. The van der Waals surface area contributed by atoms with Crippen LogP contribution in [-0.2, 0) is 19.5 Å². The summed E-state index contributed by atoms with van der Waals surface area (Å²) in [6.45, 7) is 1.75. The third kappa shape index (κ3) is 3.46. The number of benzene rings is 1. The first-order chi connectivity index (χ1) is 13.6. The van der Waals surface area contributed by atoms with Crippen LogP contribution in [-0.4, -0.2) is 38.6 Å². The van der Waals surface area contributed by atoms with Gasteiger partial charge in [0.05, 0.1) is 17.8 Å². The Bertz CT molecular complexity index is 1070. The summed E-state index contributed by atoms with van der Waals surface area (Å²) in [5.41, 5.74) is 2.75. The normalized spacial score (nSPS) is 13.9. The van der Waals surface area contributed by atoms with Crippen molar-refractivity contribution in [1.82, 2.24) is 19.9 Å². The number of nitrogens with zero attached hydrogens (tertiary/aromatic N) is 3. The Hall–Kier alpha value is -2.90. The summed E-state index contributed by atoms with van der Waals surface area (Å²) in [6, 6.07) is 9.00. The van der Waals surface area contributed by atoms with Crippen molar-refractivity contribution in [2.45, 2.75) is 19.5 Å². The average molecular weight is 399 g/mol. The summed E-state index contributed by atoms with van der Waals surface area (Å²) in [6.07, 6.45) is 2.26. The van der Waals surface area contributed by atoms with Crippen LogP contribution < -0.4 is 10.3 Å². The molecule has 7 nitrogen and oxygen atoms in total. The molecule has 0 fully saturated rings. The summed E-state index contributed by atoms with van der Waals surface area (Å²) in [4.78, 5) is 26.4. The zero-order chi connectivity index (χ0) is 19.7. The van der Waals surface area contributed by atoms with Gasteiger partial charge in [0.2, 0.25) is 0 Å². The van der Waals surface area contributed by atoms with Crippen molar-refractivity contribution >= 4 is 11.6 Å². The molecule has 3 aromatic rings. The van der Waals surface area contributed by atoms with E-state index in [1.807, 2.05) is 24.3 Å². The summed E-state index contributed by atoms with van der Waals surface area (Å²) >= 11 is 6.29. The first-order valence-corrected chi connectivity index (χ1v) is 9.24. The van der Waals surface area contributed by atoms with Crippen molar-refractivity contribution in [2.75, 3.05) is 13.7 Å². The van der Waals surface area contributed by atoms with Gasteiger partial charge < -0.3 is 14.8 Å². The molecule has 0 unspecified atom stereocenters. The smallest absolute Gasteiger partial charge is 0.254 e. The minimum Gasteiger partial charge on any atom is -0.503 e. The van der Waals surface area contributed by atoms with Crippen molar-refractivity contribution < 1.29 is 9.84 Å². The second kappa shape index (κ2) is 7.61. The largest absolute Gasteiger partial charge is 0.503 e. The molecule has 2 N–H and O–H groups in total. The van der Waals surface area contributed by atoms with Crippen molar-refractivity contribution in [2.24, 2.45) is 0 Å². The number of aromatic hydroxyl groups is 1. The Morgan fingerprint density at radius 1 is 1.32 bits per heavy atom. The molecule has 144 valence electrons. The zero-order valence-electron chi connectivity index (χ0n) is 15.3. The summed E-state index contributed by atoms with van der Waals surface area (Å²) in [5, 5.41) is 10.4. The lowest BCUT2D eigenvalue weighted by molar-refractivity contribution is 0.240. The maximum Gasteiger partial charge on any atom is 0.254 e. The lowest BCUT2D eigenvalue weighted by Gasteiger charge is -2.28. The molecule has 0 spiro atoms. The van der Waals surface area contributed by atoms with Gasteiger partial charge in [-0.05, 0) is 30.2 Å². The van der Waals surface area contributed by atoms with E-state index in [-0.39, 0.29) is 16.3 Å². The van der Waals surface area contributed by atoms with Gasteiger partial charge in [-0.1, -0.05) is 23.7 Å². The van der Waals surface area contributed by atoms with E-state index in [4.69, 9.17) is 16.3 Å². The first-order valence-electron chi connectivity index (χ1n) is 8.87. The Labute approximate surface area is 166 Å². The van der Waals surface area contributed by atoms with E-state index < -0.39 is 0 Å². The summed E-state index contributed by atoms with van der Waals surface area (Å²) in [7, 11) is 1.48. The fourth-order valence-electron chi connectivity index (χ4n) is 3.37. The highest BCUT2D eigenvalue weighted by molar-refractivity contribution is 6.33. The molecule has 0 aliphatic carbocycles. The number of ether oxygens (including phenoxy) is 1. The average Bonchev–Trinajstić information content (AvgIpc) is 2.72. The molecule has 0 atom stereocenters. The van der Waals surface area contributed by atoms with Crippen molar-refractivity contribution in [3.63, 3.8) is 0 Å². The predicted molar refractivity (Wildman–Crippen MR) is 106 cm³/mol. The van der Waals surface area contributed by atoms with E-state index in [9.17, 15) is 9.90 Å². The highest BCUT2D eigenvalue weighted by atomic mass is 35.5. The number of aromatic amines is 1. The van der Waals surface area contributed by atoms with Crippen LogP contribution in [0.4, 0.5) is 0 Å². The van der Waals surface area contributed by atoms with Crippen LogP contribution in [0.2, 0.25) is 5.02 Å².